The summed E-state index contributed by atoms with van der Waals surface area (Å²) in [7, 11) is 0. The molecular weight excluding hydrogens is 420 g/mol. The van der Waals surface area contributed by atoms with Gasteiger partial charge in [-0.25, -0.2) is 14.3 Å². The van der Waals surface area contributed by atoms with Crippen molar-refractivity contribution in [1.82, 2.24) is 20.4 Å². The van der Waals surface area contributed by atoms with Gasteiger partial charge in [-0.3, -0.25) is 10.1 Å². The van der Waals surface area contributed by atoms with Crippen LogP contribution in [0.3, 0.4) is 0 Å². The number of carbonyl (C=O) groups is 3. The zero-order chi connectivity index (χ0) is 21.8. The van der Waals surface area contributed by atoms with Gasteiger partial charge >= 0.3 is 12.0 Å². The van der Waals surface area contributed by atoms with E-state index in [-0.39, 0.29) is 6.54 Å². The second-order valence-corrected chi connectivity index (χ2v) is 7.58. The predicted octanol–water partition coefficient (Wildman–Crippen LogP) is 3.17. The number of thiophene rings is 1. The molecule has 158 valence electrons. The fraction of sp³-hybridized carbons (Fsp3) is 0.143. The average Bonchev–Trinajstić information content (AvgIpc) is 3.50. The number of esters is 1. The molecule has 0 saturated carbocycles. The molecule has 10 heteroatoms. The van der Waals surface area contributed by atoms with Crippen molar-refractivity contribution in [3.8, 4) is 5.69 Å². The molecule has 3 amide bonds. The van der Waals surface area contributed by atoms with Gasteiger partial charge in [0.1, 0.15) is 15.5 Å². The van der Waals surface area contributed by atoms with Crippen LogP contribution in [-0.2, 0) is 16.1 Å². The lowest BCUT2D eigenvalue weighted by Gasteiger charge is -2.06. The number of amides is 3. The summed E-state index contributed by atoms with van der Waals surface area (Å²) < 4.78 is 11.9. The molecule has 0 aliphatic carbocycles. The van der Waals surface area contributed by atoms with Crippen LogP contribution in [0.1, 0.15) is 21.1 Å². The number of fused-ring (bicyclic) bond motifs is 1. The minimum absolute atomic E-state index is 0.130. The number of rotatable bonds is 6. The molecule has 2 N–H and O–H groups in total. The van der Waals surface area contributed by atoms with Crippen LogP contribution in [0.2, 0.25) is 0 Å². The fourth-order valence-electron chi connectivity index (χ4n) is 2.88. The third-order valence-electron chi connectivity index (χ3n) is 4.34. The number of furan rings is 1. The number of carbonyl (C=O) groups excluding carboxylic acids is 3. The first kappa shape index (κ1) is 20.4. The maximum atomic E-state index is 12.4. The Labute approximate surface area is 180 Å². The van der Waals surface area contributed by atoms with Gasteiger partial charge in [0.2, 0.25) is 0 Å². The zero-order valence-corrected chi connectivity index (χ0v) is 17.3. The van der Waals surface area contributed by atoms with E-state index in [0.29, 0.717) is 10.6 Å². The van der Waals surface area contributed by atoms with Crippen molar-refractivity contribution in [3.63, 3.8) is 0 Å². The first-order valence-corrected chi connectivity index (χ1v) is 10.1. The highest BCUT2D eigenvalue weighted by atomic mass is 32.1. The molecule has 0 aliphatic rings. The van der Waals surface area contributed by atoms with Crippen LogP contribution < -0.4 is 10.6 Å². The SMILES string of the molecule is Cc1nn(-c2ccccc2)c2sc(C(=O)OCC(=O)NC(=O)NCc3ccco3)cc12. The van der Waals surface area contributed by atoms with Gasteiger partial charge in [0.15, 0.2) is 6.61 Å². The number of hydrogen-bond acceptors (Lipinski definition) is 7. The molecule has 0 radical (unpaired) electrons. The molecule has 9 nitrogen and oxygen atoms in total. The lowest BCUT2D eigenvalue weighted by Crippen LogP contribution is -2.41. The fourth-order valence-corrected chi connectivity index (χ4v) is 3.96. The topological polar surface area (TPSA) is 115 Å². The zero-order valence-electron chi connectivity index (χ0n) is 16.5. The molecule has 0 saturated heterocycles. The molecular formula is C21H18N4O5S. The minimum Gasteiger partial charge on any atom is -0.467 e. The summed E-state index contributed by atoms with van der Waals surface area (Å²) in [6, 6.07) is 13.9. The van der Waals surface area contributed by atoms with Crippen LogP contribution in [-0.4, -0.2) is 34.3 Å². The molecule has 3 aromatic heterocycles. The van der Waals surface area contributed by atoms with E-state index < -0.39 is 24.5 Å². The lowest BCUT2D eigenvalue weighted by molar-refractivity contribution is -0.123. The number of para-hydroxylation sites is 1. The third-order valence-corrected chi connectivity index (χ3v) is 5.43. The number of nitrogens with one attached hydrogen (secondary N) is 2. The first-order valence-electron chi connectivity index (χ1n) is 9.33. The highest BCUT2D eigenvalue weighted by Gasteiger charge is 2.19. The summed E-state index contributed by atoms with van der Waals surface area (Å²) in [5, 5.41) is 9.92. The number of hydrogen-bond donors (Lipinski definition) is 2. The van der Waals surface area contributed by atoms with Crippen molar-refractivity contribution in [2.24, 2.45) is 0 Å². The van der Waals surface area contributed by atoms with E-state index in [1.54, 1.807) is 22.9 Å². The number of nitrogens with zero attached hydrogens (tertiary/aromatic N) is 2. The van der Waals surface area contributed by atoms with E-state index in [1.165, 1.54) is 17.6 Å². The van der Waals surface area contributed by atoms with E-state index in [4.69, 9.17) is 9.15 Å². The summed E-state index contributed by atoms with van der Waals surface area (Å²) in [4.78, 5) is 37.2. The largest absolute Gasteiger partial charge is 0.467 e. The Kier molecular flexibility index (Phi) is 5.80. The molecule has 0 bridgehead atoms. The van der Waals surface area contributed by atoms with Gasteiger partial charge < -0.3 is 14.5 Å². The van der Waals surface area contributed by atoms with Gasteiger partial charge in [0, 0.05) is 5.39 Å². The van der Waals surface area contributed by atoms with E-state index in [1.807, 2.05) is 37.3 Å². The van der Waals surface area contributed by atoms with Gasteiger partial charge in [-0.2, -0.15) is 5.10 Å². The van der Waals surface area contributed by atoms with Gasteiger partial charge in [-0.05, 0) is 37.3 Å². The second kappa shape index (κ2) is 8.84. The summed E-state index contributed by atoms with van der Waals surface area (Å²) in [5.74, 6) is -0.840. The van der Waals surface area contributed by atoms with E-state index in [2.05, 4.69) is 15.7 Å². The Morgan fingerprint density at radius 3 is 2.71 bits per heavy atom. The molecule has 0 unspecified atom stereocenters. The van der Waals surface area contributed by atoms with Crippen molar-refractivity contribution < 1.29 is 23.5 Å². The molecule has 4 rings (SSSR count). The number of aryl methyl sites for hydroxylation is 1. The molecule has 1 aromatic carbocycles. The van der Waals surface area contributed by atoms with Gasteiger partial charge in [0.25, 0.3) is 5.91 Å². The third kappa shape index (κ3) is 4.64. The Hall–Kier alpha value is -3.92. The summed E-state index contributed by atoms with van der Waals surface area (Å²) in [6.07, 6.45) is 1.48. The highest BCUT2D eigenvalue weighted by molar-refractivity contribution is 7.20. The predicted molar refractivity (Wildman–Crippen MR) is 113 cm³/mol. The van der Waals surface area contributed by atoms with Crippen molar-refractivity contribution >= 4 is 39.5 Å². The minimum atomic E-state index is -0.738. The van der Waals surface area contributed by atoms with Crippen LogP contribution in [0.4, 0.5) is 4.79 Å². The highest BCUT2D eigenvalue weighted by Crippen LogP contribution is 2.30. The van der Waals surface area contributed by atoms with Gasteiger partial charge in [-0.15, -0.1) is 11.3 Å². The average molecular weight is 438 g/mol. The molecule has 3 heterocycles. The Morgan fingerprint density at radius 2 is 1.97 bits per heavy atom. The molecule has 0 spiro atoms. The smallest absolute Gasteiger partial charge is 0.348 e. The van der Waals surface area contributed by atoms with Crippen LogP contribution in [0.5, 0.6) is 0 Å². The molecule has 0 fully saturated rings. The Bertz CT molecular complexity index is 1230. The maximum absolute atomic E-state index is 12.4. The van der Waals surface area contributed by atoms with Crippen LogP contribution in [0, 0.1) is 6.92 Å². The maximum Gasteiger partial charge on any atom is 0.348 e. The van der Waals surface area contributed by atoms with Crippen molar-refractivity contribution in [2.75, 3.05) is 6.61 Å². The summed E-state index contributed by atoms with van der Waals surface area (Å²) >= 11 is 1.22. The standard InChI is InChI=1S/C21H18N4O5S/c1-13-16-10-17(31-19(16)25(24-13)14-6-3-2-4-7-14)20(27)30-12-18(26)23-21(28)22-11-15-8-5-9-29-15/h2-10H,11-12H2,1H3,(H2,22,23,26,28). The van der Waals surface area contributed by atoms with E-state index in [9.17, 15) is 14.4 Å². The van der Waals surface area contributed by atoms with Crippen molar-refractivity contribution in [1.29, 1.82) is 0 Å². The number of urea groups is 1. The first-order chi connectivity index (χ1) is 15.0. The Balaban J connectivity index is 1.35. The van der Waals surface area contributed by atoms with Gasteiger partial charge in [0.05, 0.1) is 24.2 Å². The number of benzene rings is 1. The lowest BCUT2D eigenvalue weighted by atomic mass is 10.3. The van der Waals surface area contributed by atoms with Crippen molar-refractivity contribution in [3.05, 3.63) is 71.1 Å². The Morgan fingerprint density at radius 1 is 1.16 bits per heavy atom. The van der Waals surface area contributed by atoms with Crippen molar-refractivity contribution in [2.45, 2.75) is 13.5 Å². The summed E-state index contributed by atoms with van der Waals surface area (Å²) in [6.45, 7) is 1.41. The van der Waals surface area contributed by atoms with E-state index >= 15 is 0 Å². The normalized spacial score (nSPS) is 10.7. The molecule has 0 atom stereocenters. The summed E-state index contributed by atoms with van der Waals surface area (Å²) in [5.41, 5.74) is 1.66. The van der Waals surface area contributed by atoms with Gasteiger partial charge in [-0.1, -0.05) is 18.2 Å². The number of aromatic nitrogens is 2. The number of imide groups is 1. The molecule has 31 heavy (non-hydrogen) atoms. The second-order valence-electron chi connectivity index (χ2n) is 6.55. The quantitative estimate of drug-likeness (QED) is 0.447. The van der Waals surface area contributed by atoms with Crippen LogP contribution in [0.25, 0.3) is 15.9 Å². The van der Waals surface area contributed by atoms with Crippen LogP contribution >= 0.6 is 11.3 Å². The molecule has 0 aliphatic heterocycles. The number of ether oxygens (including phenoxy) is 1. The van der Waals surface area contributed by atoms with E-state index in [0.717, 1.165) is 21.6 Å². The molecule has 4 aromatic rings. The van der Waals surface area contributed by atoms with Crippen LogP contribution in [0.15, 0.2) is 59.2 Å². The monoisotopic (exact) mass is 438 g/mol.